The Bertz CT molecular complexity index is 438. The molecule has 112 valence electrons. The number of hydrogen-bond acceptors (Lipinski definition) is 3. The number of amides is 1. The summed E-state index contributed by atoms with van der Waals surface area (Å²) >= 11 is 0. The first-order valence-corrected chi connectivity index (χ1v) is 6.80. The van der Waals surface area contributed by atoms with Crippen molar-refractivity contribution in [3.05, 3.63) is 29.8 Å². The van der Waals surface area contributed by atoms with E-state index in [4.69, 9.17) is 9.47 Å². The molecular weight excluding hydrogens is 254 g/mol. The molecule has 20 heavy (non-hydrogen) atoms. The number of methoxy groups -OCH3 is 2. The number of para-hydroxylation sites is 1. The lowest BCUT2D eigenvalue weighted by Crippen LogP contribution is -2.31. The number of carbonyl (C=O) groups is 1. The lowest BCUT2D eigenvalue weighted by Gasteiger charge is -2.21. The lowest BCUT2D eigenvalue weighted by atomic mass is 9.92. The molecule has 1 aromatic carbocycles. The van der Waals surface area contributed by atoms with E-state index in [-0.39, 0.29) is 17.4 Å². The Morgan fingerprint density at radius 1 is 1.25 bits per heavy atom. The highest BCUT2D eigenvalue weighted by Gasteiger charge is 2.19. The minimum absolute atomic E-state index is 0.0168. The first-order chi connectivity index (χ1) is 9.37. The van der Waals surface area contributed by atoms with E-state index in [2.05, 4.69) is 5.32 Å². The first-order valence-electron chi connectivity index (χ1n) is 6.80. The average molecular weight is 279 g/mol. The highest BCUT2D eigenvalue weighted by Crippen LogP contribution is 2.26. The topological polar surface area (TPSA) is 47.6 Å². The molecule has 1 atom stereocenters. The van der Waals surface area contributed by atoms with Crippen molar-refractivity contribution in [2.45, 2.75) is 33.3 Å². The van der Waals surface area contributed by atoms with Crippen molar-refractivity contribution in [2.75, 3.05) is 20.8 Å². The van der Waals surface area contributed by atoms with E-state index in [1.54, 1.807) is 14.2 Å². The van der Waals surface area contributed by atoms with E-state index in [1.165, 1.54) is 0 Å². The fourth-order valence-electron chi connectivity index (χ4n) is 2.00. The maximum Gasteiger partial charge on any atom is 0.220 e. The fourth-order valence-corrected chi connectivity index (χ4v) is 2.00. The van der Waals surface area contributed by atoms with Crippen LogP contribution in [-0.4, -0.2) is 26.7 Å². The molecule has 0 saturated carbocycles. The van der Waals surface area contributed by atoms with Gasteiger partial charge < -0.3 is 14.8 Å². The molecule has 1 N–H and O–H groups in total. The lowest BCUT2D eigenvalue weighted by molar-refractivity contribution is -0.123. The van der Waals surface area contributed by atoms with Crippen LogP contribution in [0.15, 0.2) is 24.3 Å². The quantitative estimate of drug-likeness (QED) is 0.871. The van der Waals surface area contributed by atoms with Gasteiger partial charge in [-0.3, -0.25) is 4.79 Å². The number of carbonyl (C=O) groups excluding carboxylic acids is 1. The molecule has 0 spiro atoms. The van der Waals surface area contributed by atoms with E-state index in [0.717, 1.165) is 11.3 Å². The predicted molar refractivity (Wildman–Crippen MR) is 79.8 cm³/mol. The summed E-state index contributed by atoms with van der Waals surface area (Å²) in [5.41, 5.74) is 0.922. The SMILES string of the molecule is COc1ccccc1[C@H](CNC(=O)CC(C)(C)C)OC. The molecule has 0 saturated heterocycles. The molecule has 0 aliphatic heterocycles. The summed E-state index contributed by atoms with van der Waals surface area (Å²) in [6.07, 6.45) is 0.282. The number of rotatable bonds is 6. The van der Waals surface area contributed by atoms with E-state index < -0.39 is 0 Å². The zero-order valence-corrected chi connectivity index (χ0v) is 13.0. The van der Waals surface area contributed by atoms with Gasteiger partial charge in [-0.1, -0.05) is 39.0 Å². The average Bonchev–Trinajstić information content (AvgIpc) is 2.38. The van der Waals surface area contributed by atoms with Crippen LogP contribution in [0.3, 0.4) is 0 Å². The maximum atomic E-state index is 11.9. The highest BCUT2D eigenvalue weighted by atomic mass is 16.5. The van der Waals surface area contributed by atoms with Gasteiger partial charge in [0.25, 0.3) is 0 Å². The molecule has 4 heteroatoms. The van der Waals surface area contributed by atoms with Gasteiger partial charge in [-0.05, 0) is 11.5 Å². The molecule has 0 aromatic heterocycles. The minimum Gasteiger partial charge on any atom is -0.496 e. The van der Waals surface area contributed by atoms with Crippen LogP contribution in [0.1, 0.15) is 38.9 Å². The number of ether oxygens (including phenoxy) is 2. The Balaban J connectivity index is 2.66. The van der Waals surface area contributed by atoms with Crippen LogP contribution < -0.4 is 10.1 Å². The Hall–Kier alpha value is -1.55. The summed E-state index contributed by atoms with van der Waals surface area (Å²) in [7, 11) is 3.26. The van der Waals surface area contributed by atoms with Gasteiger partial charge in [0.05, 0.1) is 7.11 Å². The van der Waals surface area contributed by atoms with E-state index in [1.807, 2.05) is 45.0 Å². The minimum atomic E-state index is -0.213. The molecule has 1 amide bonds. The third-order valence-electron chi connectivity index (χ3n) is 2.95. The van der Waals surface area contributed by atoms with Crippen molar-refractivity contribution in [1.29, 1.82) is 0 Å². The van der Waals surface area contributed by atoms with Crippen molar-refractivity contribution < 1.29 is 14.3 Å². The summed E-state index contributed by atoms with van der Waals surface area (Å²) in [4.78, 5) is 11.9. The van der Waals surface area contributed by atoms with Crippen molar-refractivity contribution in [3.8, 4) is 5.75 Å². The summed E-state index contributed by atoms with van der Waals surface area (Å²) in [5.74, 6) is 0.805. The molecule has 0 aliphatic carbocycles. The van der Waals surface area contributed by atoms with Gasteiger partial charge in [-0.25, -0.2) is 0 Å². The number of benzene rings is 1. The van der Waals surface area contributed by atoms with Crippen molar-refractivity contribution in [1.82, 2.24) is 5.32 Å². The monoisotopic (exact) mass is 279 g/mol. The van der Waals surface area contributed by atoms with Gasteiger partial charge in [0.1, 0.15) is 11.9 Å². The number of nitrogens with one attached hydrogen (secondary N) is 1. The first kappa shape index (κ1) is 16.5. The van der Waals surface area contributed by atoms with Gasteiger partial charge in [0.2, 0.25) is 5.91 Å². The highest BCUT2D eigenvalue weighted by molar-refractivity contribution is 5.76. The third-order valence-corrected chi connectivity index (χ3v) is 2.95. The third kappa shape index (κ3) is 5.21. The Morgan fingerprint density at radius 3 is 2.45 bits per heavy atom. The maximum absolute atomic E-state index is 11.9. The van der Waals surface area contributed by atoms with Crippen molar-refractivity contribution in [3.63, 3.8) is 0 Å². The van der Waals surface area contributed by atoms with E-state index >= 15 is 0 Å². The Morgan fingerprint density at radius 2 is 1.90 bits per heavy atom. The number of hydrogen-bond donors (Lipinski definition) is 1. The van der Waals surface area contributed by atoms with Crippen LogP contribution in [0, 0.1) is 5.41 Å². The molecule has 0 heterocycles. The fraction of sp³-hybridized carbons (Fsp3) is 0.562. The molecule has 0 aliphatic rings. The summed E-state index contributed by atoms with van der Waals surface area (Å²) in [5, 5.41) is 2.92. The normalized spacial score (nSPS) is 12.8. The van der Waals surface area contributed by atoms with Crippen molar-refractivity contribution >= 4 is 5.91 Å². The van der Waals surface area contributed by atoms with Crippen LogP contribution in [0.5, 0.6) is 5.75 Å². The van der Waals surface area contributed by atoms with Crippen LogP contribution in [0.25, 0.3) is 0 Å². The van der Waals surface area contributed by atoms with E-state index in [0.29, 0.717) is 13.0 Å². The molecule has 0 fully saturated rings. The molecule has 0 unspecified atom stereocenters. The van der Waals surface area contributed by atoms with E-state index in [9.17, 15) is 4.79 Å². The Labute approximate surface area is 121 Å². The van der Waals surface area contributed by atoms with Gasteiger partial charge in [-0.15, -0.1) is 0 Å². The van der Waals surface area contributed by atoms with Crippen LogP contribution in [-0.2, 0) is 9.53 Å². The molecule has 1 aromatic rings. The van der Waals surface area contributed by atoms with Crippen LogP contribution >= 0.6 is 0 Å². The summed E-state index contributed by atoms with van der Waals surface area (Å²) in [6.45, 7) is 6.56. The van der Waals surface area contributed by atoms with Crippen LogP contribution in [0.4, 0.5) is 0 Å². The largest absolute Gasteiger partial charge is 0.496 e. The standard InChI is InChI=1S/C16H25NO3/c1-16(2,3)10-15(18)17-11-14(20-5)12-8-6-7-9-13(12)19-4/h6-9,14H,10-11H2,1-5H3,(H,17,18)/t14-/m0/s1. The van der Waals surface area contributed by atoms with Gasteiger partial charge in [0, 0.05) is 25.6 Å². The molecule has 4 nitrogen and oxygen atoms in total. The second kappa shape index (κ2) is 7.29. The van der Waals surface area contributed by atoms with Crippen molar-refractivity contribution in [2.24, 2.45) is 5.41 Å². The molecule has 1 rings (SSSR count). The smallest absolute Gasteiger partial charge is 0.220 e. The molecule has 0 bridgehead atoms. The molecular formula is C16H25NO3. The van der Waals surface area contributed by atoms with Gasteiger partial charge >= 0.3 is 0 Å². The predicted octanol–water partition coefficient (Wildman–Crippen LogP) is 2.94. The molecule has 0 radical (unpaired) electrons. The zero-order valence-electron chi connectivity index (χ0n) is 13.0. The zero-order chi connectivity index (χ0) is 15.2. The van der Waals surface area contributed by atoms with Gasteiger partial charge in [0.15, 0.2) is 0 Å². The second-order valence-corrected chi connectivity index (χ2v) is 6.01. The second-order valence-electron chi connectivity index (χ2n) is 6.01. The Kier molecular flexibility index (Phi) is 6.02. The van der Waals surface area contributed by atoms with Crippen LogP contribution in [0.2, 0.25) is 0 Å². The summed E-state index contributed by atoms with van der Waals surface area (Å²) in [6, 6.07) is 7.68. The summed E-state index contributed by atoms with van der Waals surface area (Å²) < 4.78 is 10.8. The van der Waals surface area contributed by atoms with Gasteiger partial charge in [-0.2, -0.15) is 0 Å².